The number of likely N-dealkylation sites (tertiary alicyclic amines) is 1. The molecule has 2 aromatic heterocycles. The summed E-state index contributed by atoms with van der Waals surface area (Å²) in [6, 6.07) is 5.86. The lowest BCUT2D eigenvalue weighted by Gasteiger charge is -2.43. The van der Waals surface area contributed by atoms with Gasteiger partial charge in [0.2, 0.25) is 0 Å². The van der Waals surface area contributed by atoms with Crippen LogP contribution in [0.1, 0.15) is 43.2 Å². The van der Waals surface area contributed by atoms with Gasteiger partial charge in [-0.3, -0.25) is 9.69 Å². The number of nitrogens with zero attached hydrogens (tertiary/aromatic N) is 6. The number of aliphatic hydroxyl groups is 1. The summed E-state index contributed by atoms with van der Waals surface area (Å²) in [7, 11) is 0. The minimum atomic E-state index is -4.79. The molecule has 2 aromatic rings. The summed E-state index contributed by atoms with van der Waals surface area (Å²) in [6.45, 7) is 2.21. The van der Waals surface area contributed by atoms with Crippen molar-refractivity contribution in [2.45, 2.75) is 62.6 Å². The molecule has 2 bridgehead atoms. The average Bonchev–Trinajstić information content (AvgIpc) is 3.46. The minimum Gasteiger partial charge on any atom is -0.379 e. The Kier molecular flexibility index (Phi) is 7.56. The van der Waals surface area contributed by atoms with Crippen molar-refractivity contribution < 1.29 is 23.0 Å². The number of nitrogens with one attached hydrogen (secondary N) is 1. The molecule has 3 unspecified atom stereocenters. The maximum Gasteiger partial charge on any atom is 0.423 e. The number of H-pyrrole nitrogens is 1. The van der Waals surface area contributed by atoms with Gasteiger partial charge in [0.05, 0.1) is 36.7 Å². The molecule has 3 aliphatic rings. The quantitative estimate of drug-likeness (QED) is 0.492. The molecule has 0 aromatic carbocycles. The number of pyridine rings is 1. The highest BCUT2D eigenvalue weighted by Gasteiger charge is 2.43. The van der Waals surface area contributed by atoms with Crippen molar-refractivity contribution in [2.24, 2.45) is 0 Å². The fourth-order valence-corrected chi connectivity index (χ4v) is 5.96. The van der Waals surface area contributed by atoms with Crippen molar-refractivity contribution in [1.29, 1.82) is 5.26 Å². The van der Waals surface area contributed by atoms with E-state index in [1.165, 1.54) is 0 Å². The lowest BCUT2D eigenvalue weighted by molar-refractivity contribution is -0.138. The highest BCUT2D eigenvalue weighted by atomic mass is 19.4. The van der Waals surface area contributed by atoms with Crippen LogP contribution in [0.15, 0.2) is 29.3 Å². The van der Waals surface area contributed by atoms with Crippen LogP contribution < -0.4 is 15.4 Å². The number of fused-ring (bicyclic) bond motifs is 2. The third-order valence-corrected chi connectivity index (χ3v) is 7.71. The molecule has 13 heteroatoms. The molecule has 0 radical (unpaired) electrons. The molecular formula is C25H30F3N7O3. The van der Waals surface area contributed by atoms with Gasteiger partial charge in [-0.15, -0.1) is 0 Å². The van der Waals surface area contributed by atoms with Gasteiger partial charge in [0, 0.05) is 44.3 Å². The smallest absolute Gasteiger partial charge is 0.379 e. The van der Waals surface area contributed by atoms with Gasteiger partial charge in [-0.05, 0) is 37.8 Å². The molecule has 10 nitrogen and oxygen atoms in total. The summed E-state index contributed by atoms with van der Waals surface area (Å²) >= 11 is 0. The highest BCUT2D eigenvalue weighted by Crippen LogP contribution is 2.37. The molecule has 0 saturated carbocycles. The van der Waals surface area contributed by atoms with Crippen molar-refractivity contribution in [3.63, 3.8) is 0 Å². The maximum atomic E-state index is 13.5. The van der Waals surface area contributed by atoms with E-state index < -0.39 is 23.5 Å². The Bertz CT molecular complexity index is 1200. The molecule has 38 heavy (non-hydrogen) atoms. The van der Waals surface area contributed by atoms with Crippen molar-refractivity contribution in [3.8, 4) is 6.07 Å². The van der Waals surface area contributed by atoms with E-state index in [0.29, 0.717) is 44.5 Å². The molecule has 204 valence electrons. The van der Waals surface area contributed by atoms with Crippen LogP contribution >= 0.6 is 0 Å². The lowest BCUT2D eigenvalue weighted by atomic mass is 10.1. The Morgan fingerprint density at radius 1 is 1.21 bits per heavy atom. The fourth-order valence-electron chi connectivity index (χ4n) is 5.96. The van der Waals surface area contributed by atoms with Crippen molar-refractivity contribution in [3.05, 3.63) is 46.0 Å². The predicted octanol–water partition coefficient (Wildman–Crippen LogP) is 2.10. The monoisotopic (exact) mass is 533 g/mol. The molecule has 2 N–H and O–H groups in total. The number of aromatic nitrogens is 3. The van der Waals surface area contributed by atoms with E-state index in [4.69, 9.17) is 10.00 Å². The van der Waals surface area contributed by atoms with Crippen molar-refractivity contribution >= 4 is 11.5 Å². The topological polar surface area (TPSA) is 122 Å². The van der Waals surface area contributed by atoms with Gasteiger partial charge in [0.1, 0.15) is 23.7 Å². The molecule has 0 spiro atoms. The Labute approximate surface area is 217 Å². The van der Waals surface area contributed by atoms with Crippen LogP contribution in [0.3, 0.4) is 0 Å². The molecular weight excluding hydrogens is 503 g/mol. The molecule has 0 aliphatic carbocycles. The van der Waals surface area contributed by atoms with E-state index in [0.717, 1.165) is 24.9 Å². The number of ether oxygens (including phenoxy) is 1. The third kappa shape index (κ3) is 5.34. The highest BCUT2D eigenvalue weighted by molar-refractivity contribution is 5.54. The second-order valence-corrected chi connectivity index (χ2v) is 10.1. The van der Waals surface area contributed by atoms with E-state index in [9.17, 15) is 23.1 Å². The zero-order valence-electron chi connectivity index (χ0n) is 20.8. The van der Waals surface area contributed by atoms with Gasteiger partial charge >= 0.3 is 6.18 Å². The number of hydrogen-bond donors (Lipinski definition) is 2. The number of aliphatic hydroxyl groups excluding tert-OH is 1. The van der Waals surface area contributed by atoms with Gasteiger partial charge in [-0.25, -0.2) is 10.1 Å². The van der Waals surface area contributed by atoms with Crippen molar-refractivity contribution in [1.82, 2.24) is 20.1 Å². The normalized spacial score (nSPS) is 24.6. The maximum absolute atomic E-state index is 13.5. The van der Waals surface area contributed by atoms with Crippen LogP contribution in [-0.2, 0) is 10.9 Å². The number of piperazine rings is 1. The Morgan fingerprint density at radius 3 is 2.63 bits per heavy atom. The Hall–Kier alpha value is -3.21. The van der Waals surface area contributed by atoms with Crippen LogP contribution in [0.5, 0.6) is 0 Å². The number of anilines is 2. The van der Waals surface area contributed by atoms with E-state index in [1.54, 1.807) is 17.2 Å². The van der Waals surface area contributed by atoms with Crippen LogP contribution in [-0.4, -0.2) is 82.4 Å². The van der Waals surface area contributed by atoms with E-state index >= 15 is 0 Å². The molecule has 3 fully saturated rings. The number of nitriles is 1. The first-order valence-corrected chi connectivity index (χ1v) is 12.8. The number of aromatic amines is 1. The van der Waals surface area contributed by atoms with E-state index in [1.807, 2.05) is 16.1 Å². The second-order valence-electron chi connectivity index (χ2n) is 10.1. The van der Waals surface area contributed by atoms with Gasteiger partial charge < -0.3 is 19.6 Å². The molecule has 4 atom stereocenters. The summed E-state index contributed by atoms with van der Waals surface area (Å²) in [5, 5.41) is 25.3. The molecule has 5 heterocycles. The van der Waals surface area contributed by atoms with E-state index in [2.05, 4.69) is 21.1 Å². The summed E-state index contributed by atoms with van der Waals surface area (Å²) in [4.78, 5) is 22.2. The molecule has 3 saturated heterocycles. The Balaban J connectivity index is 1.12. The second kappa shape index (κ2) is 10.9. The first-order chi connectivity index (χ1) is 18.3. The van der Waals surface area contributed by atoms with Crippen molar-refractivity contribution in [2.75, 3.05) is 42.6 Å². The first-order valence-electron chi connectivity index (χ1n) is 12.8. The average molecular weight is 534 g/mol. The lowest BCUT2D eigenvalue weighted by Crippen LogP contribution is -2.57. The fraction of sp³-hybridized carbons (Fsp3) is 0.600. The summed E-state index contributed by atoms with van der Waals surface area (Å²) in [5.41, 5.74) is -2.20. The number of alkyl halides is 3. The number of rotatable bonds is 8. The summed E-state index contributed by atoms with van der Waals surface area (Å²) in [6.07, 6.45) is 0.848. The van der Waals surface area contributed by atoms with Gasteiger partial charge in [0.25, 0.3) is 5.56 Å². The minimum absolute atomic E-state index is 0.195. The number of hydrogen-bond acceptors (Lipinski definition) is 9. The SMILES string of the molecule is N#Cc1ccc(N2C3CCC2CN(C(O)CCOC[C@@H]2CCCN2c2cn[nH]c(=O)c2C(F)(F)F)C3)nc1. The van der Waals surface area contributed by atoms with Gasteiger partial charge in [-0.1, -0.05) is 0 Å². The summed E-state index contributed by atoms with van der Waals surface area (Å²) in [5.74, 6) is 0.847. The van der Waals surface area contributed by atoms with E-state index in [-0.39, 0.29) is 37.0 Å². The standard InChI is InChI=1S/C25H30F3N7O3/c26-25(27,28)23-20(12-31-32-24(23)37)34-8-1-2-19(34)15-38-9-7-22(36)33-13-17-4-5-18(14-33)35(17)21-6-3-16(10-29)11-30-21/h3,6,11-12,17-19,22,36H,1-2,4-5,7-9,13-15H2,(H,32,37)/t17?,18?,19-,22?/m0/s1. The molecule has 5 rings (SSSR count). The third-order valence-electron chi connectivity index (χ3n) is 7.71. The van der Waals surface area contributed by atoms with Gasteiger partial charge in [-0.2, -0.15) is 23.5 Å². The van der Waals surface area contributed by atoms with Gasteiger partial charge in [0.15, 0.2) is 0 Å². The molecule has 0 amide bonds. The largest absolute Gasteiger partial charge is 0.423 e. The zero-order chi connectivity index (χ0) is 26.9. The van der Waals surface area contributed by atoms with Crippen LogP contribution in [0, 0.1) is 11.3 Å². The predicted molar refractivity (Wildman–Crippen MR) is 131 cm³/mol. The number of halogens is 3. The Morgan fingerprint density at radius 2 is 1.97 bits per heavy atom. The van der Waals surface area contributed by atoms with Crippen LogP contribution in [0.25, 0.3) is 0 Å². The van der Waals surface area contributed by atoms with Crippen LogP contribution in [0.4, 0.5) is 24.7 Å². The molecule has 3 aliphatic heterocycles. The zero-order valence-corrected chi connectivity index (χ0v) is 20.8. The first kappa shape index (κ1) is 26.4. The summed E-state index contributed by atoms with van der Waals surface area (Å²) < 4.78 is 46.4. The van der Waals surface area contributed by atoms with Crippen LogP contribution in [0.2, 0.25) is 0 Å².